The van der Waals surface area contributed by atoms with Crippen molar-refractivity contribution in [1.29, 1.82) is 0 Å². The van der Waals surface area contributed by atoms with E-state index in [1.165, 1.54) is 47.9 Å². The van der Waals surface area contributed by atoms with Crippen molar-refractivity contribution in [2.45, 2.75) is 74.1 Å². The topological polar surface area (TPSA) is 171 Å². The maximum atomic E-state index is 13.6. The van der Waals surface area contributed by atoms with Gasteiger partial charge in [-0.15, -0.1) is 11.8 Å². The molecular formula is C33H33BrN4O9S2. The zero-order valence-electron chi connectivity index (χ0n) is 26.8. The maximum absolute atomic E-state index is 13.6. The number of alkyl halides is 1. The molecule has 1 aromatic heterocycles. The molecule has 49 heavy (non-hydrogen) atoms. The molecule has 1 N–H and O–H groups in total. The summed E-state index contributed by atoms with van der Waals surface area (Å²) in [7, 11) is 0. The van der Waals surface area contributed by atoms with Crippen molar-refractivity contribution in [3.05, 3.63) is 86.5 Å². The molecule has 16 heteroatoms. The maximum Gasteiger partial charge on any atom is 0.355 e. The molecule has 3 atom stereocenters. The number of carbonyl (C=O) groups is 4. The number of aryl methyl sites for hydroxylation is 1. The summed E-state index contributed by atoms with van der Waals surface area (Å²) >= 11 is 6.53. The Bertz CT molecular complexity index is 1880. The quantitative estimate of drug-likeness (QED) is 0.0428. The molecule has 1 fully saturated rings. The number of esters is 2. The monoisotopic (exact) mass is 772 g/mol. The number of imidazole rings is 1. The Morgan fingerprint density at radius 1 is 1.22 bits per heavy atom. The van der Waals surface area contributed by atoms with Gasteiger partial charge in [0.05, 0.1) is 16.0 Å². The standard InChI is InChI=1S/C25H19BrN4O7S2.C8H14O2/c1-13(31)37-20(15-4-7-17-18(10-15)28-8-9-38-24(28)27-17)25(26)22(33)29-19(12-39-23(25)29)21(32)36-11-14-2-5-16(6-3-14)30(34)35;1-3-4-5-6-7(2)8(9)10/h2-7,10,12,20,23H,8-9,11H2,1H3;6H,3-5H2,1-2H3,(H,9,10). The fraction of sp³-hybridized carbons (Fsp3) is 0.364. The van der Waals surface area contributed by atoms with E-state index in [0.29, 0.717) is 16.7 Å². The number of carboxylic acids is 1. The average Bonchev–Trinajstić information content (AvgIpc) is 3.80. The lowest BCUT2D eigenvalue weighted by Crippen LogP contribution is -2.70. The number of fused-ring (bicyclic) bond motifs is 4. The zero-order valence-corrected chi connectivity index (χ0v) is 30.0. The van der Waals surface area contributed by atoms with Crippen molar-refractivity contribution in [3.63, 3.8) is 0 Å². The van der Waals surface area contributed by atoms with Crippen LogP contribution in [0.1, 0.15) is 57.3 Å². The Hall–Kier alpha value is -4.15. The second-order valence-electron chi connectivity index (χ2n) is 11.4. The predicted molar refractivity (Wildman–Crippen MR) is 187 cm³/mol. The molecule has 3 unspecified atom stereocenters. The van der Waals surface area contributed by atoms with Crippen molar-refractivity contribution in [2.75, 3.05) is 5.75 Å². The first-order valence-electron chi connectivity index (χ1n) is 15.4. The van der Waals surface area contributed by atoms with Crippen molar-refractivity contribution in [3.8, 4) is 0 Å². The van der Waals surface area contributed by atoms with Gasteiger partial charge in [0.2, 0.25) is 0 Å². The van der Waals surface area contributed by atoms with Crippen LogP contribution in [-0.2, 0) is 41.8 Å². The van der Waals surface area contributed by atoms with Gasteiger partial charge >= 0.3 is 17.9 Å². The van der Waals surface area contributed by atoms with Gasteiger partial charge in [-0.3, -0.25) is 24.6 Å². The summed E-state index contributed by atoms with van der Waals surface area (Å²) in [5.41, 5.74) is 3.39. The first-order valence-corrected chi connectivity index (χ1v) is 18.1. The Balaban J connectivity index is 0.000000409. The van der Waals surface area contributed by atoms with Gasteiger partial charge in [0.25, 0.3) is 11.6 Å². The molecular weight excluding hydrogens is 740 g/mol. The number of nitro groups is 1. The van der Waals surface area contributed by atoms with E-state index in [-0.39, 0.29) is 18.0 Å². The third kappa shape index (κ3) is 7.40. The van der Waals surface area contributed by atoms with Crippen molar-refractivity contribution in [1.82, 2.24) is 14.5 Å². The summed E-state index contributed by atoms with van der Waals surface area (Å²) < 4.78 is 11.9. The number of thioether (sulfide) groups is 2. The number of β-lactam (4-membered cyclic amide) rings is 1. The fourth-order valence-electron chi connectivity index (χ4n) is 5.43. The van der Waals surface area contributed by atoms with Gasteiger partial charge in [-0.05, 0) is 48.7 Å². The number of allylic oxidation sites excluding steroid dienone is 1. The van der Waals surface area contributed by atoms with Crippen LogP contribution in [0.3, 0.4) is 0 Å². The van der Waals surface area contributed by atoms with Crippen LogP contribution in [0.4, 0.5) is 5.69 Å². The Kier molecular flexibility index (Phi) is 11.2. The van der Waals surface area contributed by atoms with E-state index in [2.05, 4.69) is 32.4 Å². The second kappa shape index (κ2) is 15.2. The van der Waals surface area contributed by atoms with Gasteiger partial charge < -0.3 is 19.1 Å². The van der Waals surface area contributed by atoms with Gasteiger partial charge in [-0.2, -0.15) is 0 Å². The SMILES string of the molecule is CC(=O)OC(c1ccc2nc3n(c2c1)CCS3)C1(Br)C(=O)N2C(C(=O)OCc3ccc([N+](=O)[O-])cc3)=CSC21.CCCCC=C(C)C(=O)O. The second-order valence-corrected chi connectivity index (χ2v) is 14.7. The molecule has 258 valence electrons. The summed E-state index contributed by atoms with van der Waals surface area (Å²) in [4.78, 5) is 65.1. The van der Waals surface area contributed by atoms with Crippen LogP contribution >= 0.6 is 39.5 Å². The number of aliphatic carboxylic acids is 1. The molecule has 3 aliphatic rings. The number of rotatable bonds is 11. The molecule has 4 heterocycles. The van der Waals surface area contributed by atoms with E-state index in [0.717, 1.165) is 47.7 Å². The van der Waals surface area contributed by atoms with Crippen LogP contribution in [0.15, 0.2) is 70.4 Å². The number of hydrogen-bond donors (Lipinski definition) is 1. The van der Waals surface area contributed by atoms with Crippen LogP contribution in [0.5, 0.6) is 0 Å². The molecule has 0 saturated carbocycles. The van der Waals surface area contributed by atoms with Crippen LogP contribution < -0.4 is 0 Å². The van der Waals surface area contributed by atoms with Gasteiger partial charge in [0.1, 0.15) is 17.7 Å². The Morgan fingerprint density at radius 2 is 1.96 bits per heavy atom. The number of halogens is 1. The summed E-state index contributed by atoms with van der Waals surface area (Å²) in [6.07, 6.45) is 3.89. The van der Waals surface area contributed by atoms with Crippen molar-refractivity contribution in [2.24, 2.45) is 0 Å². The molecule has 3 aliphatic heterocycles. The van der Waals surface area contributed by atoms with E-state index >= 15 is 0 Å². The lowest BCUT2D eigenvalue weighted by atomic mass is 9.86. The van der Waals surface area contributed by atoms with Crippen LogP contribution in [0, 0.1) is 10.1 Å². The molecule has 1 amide bonds. The fourth-order valence-corrected chi connectivity index (χ4v) is 8.70. The summed E-state index contributed by atoms with van der Waals surface area (Å²) in [5, 5.41) is 21.2. The third-order valence-electron chi connectivity index (χ3n) is 8.03. The number of nitrogens with zero attached hydrogens (tertiary/aromatic N) is 4. The highest BCUT2D eigenvalue weighted by atomic mass is 79.9. The highest BCUT2D eigenvalue weighted by Crippen LogP contribution is 2.58. The molecule has 0 bridgehead atoms. The number of carboxylic acid groups (broad SMARTS) is 1. The minimum absolute atomic E-state index is 0.0688. The van der Waals surface area contributed by atoms with Crippen LogP contribution in [0.25, 0.3) is 11.0 Å². The Morgan fingerprint density at radius 3 is 2.61 bits per heavy atom. The minimum atomic E-state index is -1.31. The number of non-ortho nitro benzene ring substituents is 1. The molecule has 1 saturated heterocycles. The van der Waals surface area contributed by atoms with Crippen LogP contribution in [-0.4, -0.2) is 63.7 Å². The predicted octanol–water partition coefficient (Wildman–Crippen LogP) is 6.50. The lowest BCUT2D eigenvalue weighted by Gasteiger charge is -2.51. The van der Waals surface area contributed by atoms with E-state index in [1.54, 1.807) is 36.2 Å². The molecule has 0 spiro atoms. The molecule has 13 nitrogen and oxygen atoms in total. The van der Waals surface area contributed by atoms with Gasteiger partial charge in [0, 0.05) is 42.3 Å². The number of amides is 1. The number of nitro benzene ring substituents is 1. The summed E-state index contributed by atoms with van der Waals surface area (Å²) in [6.45, 7) is 5.70. The minimum Gasteiger partial charge on any atom is -0.478 e. The molecule has 0 aliphatic carbocycles. The number of carbonyl (C=O) groups excluding carboxylic acids is 3. The normalized spacial score (nSPS) is 20.0. The number of benzene rings is 2. The van der Waals surface area contributed by atoms with Gasteiger partial charge in [0.15, 0.2) is 15.6 Å². The Labute approximate surface area is 298 Å². The molecule has 3 aromatic rings. The largest absolute Gasteiger partial charge is 0.478 e. The third-order valence-corrected chi connectivity index (χ3v) is 11.7. The average molecular weight is 774 g/mol. The first-order chi connectivity index (χ1) is 23.4. The smallest absolute Gasteiger partial charge is 0.355 e. The van der Waals surface area contributed by atoms with E-state index in [4.69, 9.17) is 14.6 Å². The van der Waals surface area contributed by atoms with Gasteiger partial charge in [-0.25, -0.2) is 14.6 Å². The number of unbranched alkanes of at least 4 members (excludes halogenated alkanes) is 2. The van der Waals surface area contributed by atoms with E-state index in [9.17, 15) is 29.3 Å². The summed E-state index contributed by atoms with van der Waals surface area (Å²) in [5.74, 6) is -1.56. The molecule has 2 aromatic carbocycles. The number of hydrogen-bond acceptors (Lipinski definition) is 11. The van der Waals surface area contributed by atoms with Crippen molar-refractivity contribution < 1.29 is 38.7 Å². The highest BCUT2D eigenvalue weighted by molar-refractivity contribution is 9.10. The summed E-state index contributed by atoms with van der Waals surface area (Å²) in [6, 6.07) is 11.2. The molecule has 0 radical (unpaired) electrons. The number of aromatic nitrogens is 2. The first kappa shape index (κ1) is 36.1. The van der Waals surface area contributed by atoms with Gasteiger partial charge in [-0.1, -0.05) is 59.6 Å². The van der Waals surface area contributed by atoms with E-state index < -0.39 is 44.5 Å². The van der Waals surface area contributed by atoms with E-state index in [1.807, 2.05) is 12.1 Å². The molecule has 6 rings (SSSR count). The zero-order chi connectivity index (χ0) is 35.5. The van der Waals surface area contributed by atoms with Crippen LogP contribution in [0.2, 0.25) is 0 Å². The number of ether oxygens (including phenoxy) is 2. The van der Waals surface area contributed by atoms with Crippen molar-refractivity contribution >= 4 is 80.0 Å². The highest BCUT2D eigenvalue weighted by Gasteiger charge is 2.69. The lowest BCUT2D eigenvalue weighted by molar-refractivity contribution is -0.384.